The van der Waals surface area contributed by atoms with Gasteiger partial charge in [-0.2, -0.15) is 4.98 Å². The number of anilines is 4. The Kier molecular flexibility index (Phi) is 16.8. The minimum absolute atomic E-state index is 0.0775. The maximum absolute atomic E-state index is 14.3. The van der Waals surface area contributed by atoms with Gasteiger partial charge >= 0.3 is 5.69 Å². The third-order valence-electron chi connectivity index (χ3n) is 10.9. The Morgan fingerprint density at radius 2 is 1.66 bits per heavy atom. The molecule has 3 amide bonds. The van der Waals surface area contributed by atoms with Crippen molar-refractivity contribution in [3.63, 3.8) is 0 Å². The normalized spacial score (nSPS) is 14.2. The summed E-state index contributed by atoms with van der Waals surface area (Å²) in [4.78, 5) is 57.6. The summed E-state index contributed by atoms with van der Waals surface area (Å²) in [7, 11) is -2.10. The zero-order valence-corrected chi connectivity index (χ0v) is 38.2. The summed E-state index contributed by atoms with van der Waals surface area (Å²) >= 11 is 3.35. The van der Waals surface area contributed by atoms with E-state index < -0.39 is 33.7 Å². The number of carbonyl (C=O) groups excluding carboxylic acids is 3. The summed E-state index contributed by atoms with van der Waals surface area (Å²) in [5.41, 5.74) is 8.72. The number of aromatic nitrogens is 4. The fourth-order valence-corrected chi connectivity index (χ4v) is 8.84. The number of imide groups is 1. The number of nitrogens with two attached hydrogens (primary N) is 1. The van der Waals surface area contributed by atoms with Gasteiger partial charge in [0.1, 0.15) is 17.7 Å². The SMILES string of the molecule is Cc1cc(S(=O)(=O)NCCOCCOCCCCCCCCCc2ccc3c(c2)n(C)c(=O)n3C2CCC(=O)NC2=O)ccc1Nc1ncc(Br)c(Nc2cccc(F)c2C(N)=O)n1. The number of imidazole rings is 1. The van der Waals surface area contributed by atoms with Crippen LogP contribution in [0.15, 0.2) is 75.0 Å². The van der Waals surface area contributed by atoms with Gasteiger partial charge in [0.2, 0.25) is 27.8 Å². The van der Waals surface area contributed by atoms with Crippen LogP contribution in [0.1, 0.15) is 85.3 Å². The molecule has 17 nitrogen and oxygen atoms in total. The van der Waals surface area contributed by atoms with Crippen LogP contribution in [-0.4, -0.2) is 78.2 Å². The first-order chi connectivity index (χ1) is 30.7. The molecule has 1 unspecified atom stereocenters. The van der Waals surface area contributed by atoms with Gasteiger partial charge in [-0.15, -0.1) is 0 Å². The predicted octanol–water partition coefficient (Wildman–Crippen LogP) is 6.19. The van der Waals surface area contributed by atoms with Crippen molar-refractivity contribution in [2.24, 2.45) is 12.8 Å². The van der Waals surface area contributed by atoms with E-state index in [4.69, 9.17) is 15.2 Å². The highest BCUT2D eigenvalue weighted by Crippen LogP contribution is 2.30. The minimum Gasteiger partial charge on any atom is -0.379 e. The van der Waals surface area contributed by atoms with Gasteiger partial charge < -0.3 is 25.8 Å². The van der Waals surface area contributed by atoms with Crippen molar-refractivity contribution in [1.29, 1.82) is 0 Å². The van der Waals surface area contributed by atoms with E-state index in [1.54, 1.807) is 24.6 Å². The molecule has 5 aromatic rings. The lowest BCUT2D eigenvalue weighted by Gasteiger charge is -2.21. The molecule has 3 aromatic carbocycles. The molecule has 342 valence electrons. The van der Waals surface area contributed by atoms with Crippen molar-refractivity contribution in [3.8, 4) is 0 Å². The quantitative estimate of drug-likeness (QED) is 0.0345. The van der Waals surface area contributed by atoms with Crippen LogP contribution in [0.25, 0.3) is 11.0 Å². The Morgan fingerprint density at radius 1 is 0.922 bits per heavy atom. The zero-order valence-electron chi connectivity index (χ0n) is 35.8. The molecule has 6 rings (SSSR count). The van der Waals surface area contributed by atoms with E-state index in [0.29, 0.717) is 47.5 Å². The van der Waals surface area contributed by atoms with Gasteiger partial charge in [0.25, 0.3) is 5.91 Å². The van der Waals surface area contributed by atoms with Crippen molar-refractivity contribution >= 4 is 77.8 Å². The highest BCUT2D eigenvalue weighted by atomic mass is 79.9. The van der Waals surface area contributed by atoms with Crippen LogP contribution in [0.3, 0.4) is 0 Å². The number of carbonyl (C=O) groups is 3. The number of hydrogen-bond donors (Lipinski definition) is 5. The van der Waals surface area contributed by atoms with E-state index in [1.807, 2.05) is 18.2 Å². The Morgan fingerprint density at radius 3 is 2.39 bits per heavy atom. The van der Waals surface area contributed by atoms with E-state index >= 15 is 0 Å². The van der Waals surface area contributed by atoms with Crippen molar-refractivity contribution in [2.45, 2.75) is 82.1 Å². The summed E-state index contributed by atoms with van der Waals surface area (Å²) in [5.74, 6) is -2.06. The summed E-state index contributed by atoms with van der Waals surface area (Å²) in [6, 6.07) is 13.9. The molecule has 0 aliphatic carbocycles. The number of hydrogen-bond acceptors (Lipinski definition) is 12. The molecule has 64 heavy (non-hydrogen) atoms. The molecule has 0 saturated carbocycles. The maximum atomic E-state index is 14.3. The number of aryl methyl sites for hydroxylation is 3. The van der Waals surface area contributed by atoms with E-state index in [9.17, 15) is 32.0 Å². The monoisotopic (exact) mass is 965 g/mol. The van der Waals surface area contributed by atoms with Gasteiger partial charge in [-0.05, 0) is 102 Å². The first kappa shape index (κ1) is 47.9. The minimum atomic E-state index is -3.81. The number of nitrogens with zero attached hydrogens (tertiary/aromatic N) is 4. The number of ether oxygens (including phenoxy) is 2. The lowest BCUT2D eigenvalue weighted by atomic mass is 10.0. The van der Waals surface area contributed by atoms with Crippen molar-refractivity contribution < 1.29 is 36.7 Å². The second-order valence-corrected chi connectivity index (χ2v) is 18.1. The van der Waals surface area contributed by atoms with Crippen LogP contribution in [0.2, 0.25) is 0 Å². The number of amides is 3. The number of halogens is 2. The highest BCUT2D eigenvalue weighted by Gasteiger charge is 2.31. The van der Waals surface area contributed by atoms with E-state index in [2.05, 4.69) is 46.6 Å². The number of unbranched alkanes of at least 4 members (excludes halogenated alkanes) is 6. The lowest BCUT2D eigenvalue weighted by molar-refractivity contribution is -0.135. The molecule has 1 fully saturated rings. The number of piperidine rings is 1. The molecule has 1 atom stereocenters. The first-order valence-corrected chi connectivity index (χ1v) is 23.5. The number of benzene rings is 3. The number of sulfonamides is 1. The van der Waals surface area contributed by atoms with E-state index in [0.717, 1.165) is 68.5 Å². The summed E-state index contributed by atoms with van der Waals surface area (Å²) < 4.78 is 57.6. The molecular weight excluding hydrogens is 914 g/mol. The van der Waals surface area contributed by atoms with Crippen molar-refractivity contribution in [2.75, 3.05) is 43.6 Å². The summed E-state index contributed by atoms with van der Waals surface area (Å²) in [5, 5.41) is 8.30. The average Bonchev–Trinajstić information content (AvgIpc) is 3.50. The van der Waals surface area contributed by atoms with E-state index in [-0.39, 0.29) is 59.1 Å². The molecule has 1 saturated heterocycles. The third kappa shape index (κ3) is 12.4. The topological polar surface area (TPSA) is 231 Å². The van der Waals surface area contributed by atoms with Gasteiger partial charge in [-0.3, -0.25) is 28.8 Å². The zero-order chi connectivity index (χ0) is 45.8. The standard InChI is InChI=1S/C44H53BrFN9O8S/c1-28-25-30(15-16-33(28)51-43-48-27-31(45)41(53-43)50-34-13-10-12-32(46)39(34)40(47)57)64(60,61)49-20-22-63-24-23-62-21-9-7-5-3-4-6-8-11-29-14-17-35-37(26-29)54(2)44(59)55(35)36-18-19-38(56)52-42(36)58/h10,12-17,25-27,36,49H,3-9,11,18-24H2,1-2H3,(H2,47,57)(H,52,56,58)(H2,48,50,51,53). The second-order valence-electron chi connectivity index (χ2n) is 15.5. The Hall–Kier alpha value is -5.54. The summed E-state index contributed by atoms with van der Waals surface area (Å²) in [6.07, 6.45) is 10.5. The lowest BCUT2D eigenvalue weighted by Crippen LogP contribution is -2.44. The fourth-order valence-electron chi connectivity index (χ4n) is 7.45. The van der Waals surface area contributed by atoms with Gasteiger partial charge in [-0.1, -0.05) is 44.2 Å². The van der Waals surface area contributed by atoms with Crippen LogP contribution in [-0.2, 0) is 42.6 Å². The Labute approximate surface area is 378 Å². The van der Waals surface area contributed by atoms with Gasteiger partial charge in [0.05, 0.1) is 51.5 Å². The van der Waals surface area contributed by atoms with Crippen LogP contribution in [0.5, 0.6) is 0 Å². The Balaban J connectivity index is 0.807. The second kappa shape index (κ2) is 22.4. The summed E-state index contributed by atoms with van der Waals surface area (Å²) in [6.45, 7) is 3.41. The molecule has 20 heteroatoms. The van der Waals surface area contributed by atoms with Crippen molar-refractivity contribution in [3.05, 3.63) is 98.3 Å². The van der Waals surface area contributed by atoms with Gasteiger partial charge in [0, 0.05) is 38.5 Å². The molecule has 6 N–H and O–H groups in total. The van der Waals surface area contributed by atoms with Crippen LogP contribution < -0.4 is 32.1 Å². The van der Waals surface area contributed by atoms with Crippen molar-refractivity contribution in [1.82, 2.24) is 29.1 Å². The first-order valence-electron chi connectivity index (χ1n) is 21.2. The van der Waals surface area contributed by atoms with Crippen LogP contribution in [0, 0.1) is 12.7 Å². The Bertz CT molecular complexity index is 2660. The van der Waals surface area contributed by atoms with Crippen LogP contribution >= 0.6 is 15.9 Å². The molecular formula is C44H53BrFN9O8S. The number of primary amides is 1. The molecule has 1 aliphatic rings. The largest absolute Gasteiger partial charge is 0.379 e. The van der Waals surface area contributed by atoms with Crippen LogP contribution in [0.4, 0.5) is 27.5 Å². The molecule has 2 aromatic heterocycles. The van der Waals surface area contributed by atoms with Gasteiger partial charge in [0.15, 0.2) is 0 Å². The molecule has 1 aliphatic heterocycles. The molecule has 0 radical (unpaired) electrons. The average molecular weight is 967 g/mol. The highest BCUT2D eigenvalue weighted by molar-refractivity contribution is 9.10. The molecule has 0 bridgehead atoms. The third-order valence-corrected chi connectivity index (χ3v) is 12.9. The number of rotatable bonds is 24. The molecule has 0 spiro atoms. The smallest absolute Gasteiger partial charge is 0.329 e. The number of fused-ring (bicyclic) bond motifs is 1. The molecule has 3 heterocycles. The maximum Gasteiger partial charge on any atom is 0.329 e. The number of nitrogens with one attached hydrogen (secondary N) is 4. The predicted molar refractivity (Wildman–Crippen MR) is 244 cm³/mol. The van der Waals surface area contributed by atoms with E-state index in [1.165, 1.54) is 35.0 Å². The van der Waals surface area contributed by atoms with Gasteiger partial charge in [-0.25, -0.2) is 27.3 Å². The fraction of sp³-hybridized carbons (Fsp3) is 0.409.